The number of nitrogens with one attached hydrogen (secondary N) is 1. The maximum Gasteiger partial charge on any atom is 0.225 e. The van der Waals surface area contributed by atoms with Gasteiger partial charge in [-0.05, 0) is 25.0 Å². The average Bonchev–Trinajstić information content (AvgIpc) is 2.73. The molecule has 0 aliphatic carbocycles. The summed E-state index contributed by atoms with van der Waals surface area (Å²) in [7, 11) is 1.69. The fraction of sp³-hybridized carbons (Fsp3) is 0.450. The molecular formula is C20H25N5O2. The van der Waals surface area contributed by atoms with Crippen molar-refractivity contribution in [2.75, 3.05) is 43.1 Å². The summed E-state index contributed by atoms with van der Waals surface area (Å²) in [4.78, 5) is 26.1. The largest absolute Gasteiger partial charge is 0.497 e. The monoisotopic (exact) mass is 367 g/mol. The predicted octanol–water partition coefficient (Wildman–Crippen LogP) is 1.49. The summed E-state index contributed by atoms with van der Waals surface area (Å²) in [6.45, 7) is 5.03. The molecule has 1 aromatic carbocycles. The molecule has 7 nitrogen and oxygen atoms in total. The molecule has 3 heterocycles. The van der Waals surface area contributed by atoms with Crippen molar-refractivity contribution in [3.05, 3.63) is 42.4 Å². The summed E-state index contributed by atoms with van der Waals surface area (Å²) >= 11 is 0. The second kappa shape index (κ2) is 7.42. The van der Waals surface area contributed by atoms with Crippen molar-refractivity contribution >= 4 is 17.4 Å². The quantitative estimate of drug-likeness (QED) is 0.883. The van der Waals surface area contributed by atoms with Crippen molar-refractivity contribution in [2.45, 2.75) is 19.4 Å². The van der Waals surface area contributed by atoms with Crippen LogP contribution in [0.3, 0.4) is 0 Å². The first-order chi connectivity index (χ1) is 13.2. The fourth-order valence-corrected chi connectivity index (χ4v) is 4.17. The van der Waals surface area contributed by atoms with Gasteiger partial charge >= 0.3 is 0 Å². The van der Waals surface area contributed by atoms with Gasteiger partial charge in [-0.25, -0.2) is 4.98 Å². The van der Waals surface area contributed by atoms with Gasteiger partial charge in [0.05, 0.1) is 25.3 Å². The third kappa shape index (κ3) is 3.29. The Morgan fingerprint density at radius 1 is 1.33 bits per heavy atom. The average molecular weight is 367 g/mol. The molecule has 1 saturated heterocycles. The van der Waals surface area contributed by atoms with Crippen LogP contribution in [0.1, 0.15) is 12.5 Å². The van der Waals surface area contributed by atoms with Crippen molar-refractivity contribution in [1.29, 1.82) is 0 Å². The third-order valence-electron chi connectivity index (χ3n) is 5.49. The molecule has 4 rings (SSSR count). The molecule has 27 heavy (non-hydrogen) atoms. The lowest BCUT2D eigenvalue weighted by molar-refractivity contribution is -0.125. The first-order valence-corrected chi connectivity index (χ1v) is 9.43. The topological polar surface area (TPSA) is 70.6 Å². The molecule has 2 aromatic rings. The predicted molar refractivity (Wildman–Crippen MR) is 104 cm³/mol. The van der Waals surface area contributed by atoms with E-state index in [0.717, 1.165) is 37.6 Å². The summed E-state index contributed by atoms with van der Waals surface area (Å²) in [6.07, 6.45) is 5.92. The Kier molecular flexibility index (Phi) is 4.83. The minimum Gasteiger partial charge on any atom is -0.497 e. The summed E-state index contributed by atoms with van der Waals surface area (Å²) in [5.41, 5.74) is 2.38. The lowest BCUT2D eigenvalue weighted by atomic mass is 9.83. The van der Waals surface area contributed by atoms with Gasteiger partial charge in [-0.2, -0.15) is 0 Å². The molecule has 2 aliphatic rings. The molecule has 0 bridgehead atoms. The minimum absolute atomic E-state index is 0.0897. The second-order valence-electron chi connectivity index (χ2n) is 6.97. The maximum absolute atomic E-state index is 12.8. The lowest BCUT2D eigenvalue weighted by Crippen LogP contribution is -2.61. The van der Waals surface area contributed by atoms with Gasteiger partial charge in [-0.3, -0.25) is 9.78 Å². The number of aromatic nitrogens is 2. The van der Waals surface area contributed by atoms with Crippen LogP contribution in [-0.2, 0) is 11.2 Å². The van der Waals surface area contributed by atoms with Crippen LogP contribution >= 0.6 is 0 Å². The van der Waals surface area contributed by atoms with E-state index >= 15 is 0 Å². The Hall–Kier alpha value is -2.83. The Bertz CT molecular complexity index is 813. The summed E-state index contributed by atoms with van der Waals surface area (Å²) in [5, 5.41) is 3.02. The van der Waals surface area contributed by atoms with Gasteiger partial charge in [0.15, 0.2) is 0 Å². The molecule has 0 unspecified atom stereocenters. The highest BCUT2D eigenvalue weighted by Crippen LogP contribution is 2.38. The van der Waals surface area contributed by atoms with Crippen LogP contribution in [0.2, 0.25) is 0 Å². The number of anilines is 2. The van der Waals surface area contributed by atoms with Crippen LogP contribution < -0.4 is 19.9 Å². The number of rotatable bonds is 4. The van der Waals surface area contributed by atoms with Crippen molar-refractivity contribution in [1.82, 2.24) is 15.3 Å². The number of methoxy groups -OCH3 is 1. The first-order valence-electron chi connectivity index (χ1n) is 9.43. The van der Waals surface area contributed by atoms with E-state index in [2.05, 4.69) is 37.2 Å². The van der Waals surface area contributed by atoms with Crippen LogP contribution in [0.25, 0.3) is 0 Å². The normalized spacial score (nSPS) is 21.3. The van der Waals surface area contributed by atoms with Crippen LogP contribution in [0.15, 0.2) is 36.8 Å². The number of carbonyl (C=O) groups excluding carboxylic acids is 1. The first kappa shape index (κ1) is 17.6. The van der Waals surface area contributed by atoms with Gasteiger partial charge in [0.2, 0.25) is 5.91 Å². The molecule has 7 heteroatoms. The molecule has 0 radical (unpaired) electrons. The highest BCUT2D eigenvalue weighted by Gasteiger charge is 2.41. The number of piperazine rings is 1. The number of fused-ring (bicyclic) bond motifs is 3. The Morgan fingerprint density at radius 3 is 2.96 bits per heavy atom. The highest BCUT2D eigenvalue weighted by molar-refractivity contribution is 5.82. The number of amides is 1. The van der Waals surface area contributed by atoms with Gasteiger partial charge in [0.1, 0.15) is 11.6 Å². The van der Waals surface area contributed by atoms with E-state index in [1.165, 1.54) is 11.3 Å². The maximum atomic E-state index is 12.8. The number of hydrogen-bond donors (Lipinski definition) is 1. The van der Waals surface area contributed by atoms with E-state index in [0.29, 0.717) is 6.54 Å². The zero-order valence-electron chi connectivity index (χ0n) is 15.8. The Balaban J connectivity index is 1.68. The second-order valence-corrected chi connectivity index (χ2v) is 6.97. The molecule has 1 N–H and O–H groups in total. The zero-order chi connectivity index (χ0) is 18.8. The van der Waals surface area contributed by atoms with Gasteiger partial charge in [0, 0.05) is 50.3 Å². The van der Waals surface area contributed by atoms with Crippen LogP contribution in [0, 0.1) is 5.92 Å². The van der Waals surface area contributed by atoms with Crippen LogP contribution in [0.4, 0.5) is 11.5 Å². The molecule has 1 fully saturated rings. The van der Waals surface area contributed by atoms with Crippen molar-refractivity contribution in [3.8, 4) is 5.75 Å². The van der Waals surface area contributed by atoms with Crippen LogP contribution in [0.5, 0.6) is 5.75 Å². The Labute approximate surface area is 159 Å². The summed E-state index contributed by atoms with van der Waals surface area (Å²) < 4.78 is 5.43. The lowest BCUT2D eigenvalue weighted by Gasteiger charge is -2.49. The van der Waals surface area contributed by atoms with Crippen molar-refractivity contribution in [2.24, 2.45) is 5.92 Å². The molecule has 2 aliphatic heterocycles. The van der Waals surface area contributed by atoms with Crippen LogP contribution in [-0.4, -0.2) is 55.2 Å². The van der Waals surface area contributed by atoms with Crippen molar-refractivity contribution in [3.63, 3.8) is 0 Å². The van der Waals surface area contributed by atoms with Crippen molar-refractivity contribution < 1.29 is 9.53 Å². The molecular weight excluding hydrogens is 342 g/mol. The molecule has 142 valence electrons. The third-order valence-corrected chi connectivity index (χ3v) is 5.49. The van der Waals surface area contributed by atoms with E-state index in [9.17, 15) is 4.79 Å². The molecule has 2 atom stereocenters. The van der Waals surface area contributed by atoms with Gasteiger partial charge in [-0.1, -0.05) is 6.07 Å². The zero-order valence-corrected chi connectivity index (χ0v) is 15.8. The summed E-state index contributed by atoms with van der Waals surface area (Å²) in [5.74, 6) is 1.74. The number of hydrogen-bond acceptors (Lipinski definition) is 6. The smallest absolute Gasteiger partial charge is 0.225 e. The minimum atomic E-state index is -0.0923. The van der Waals surface area contributed by atoms with Gasteiger partial charge in [-0.15, -0.1) is 0 Å². The number of benzene rings is 1. The standard InChI is InChI=1S/C20H25N5O2/c1-3-22-20(26)16-10-14-4-5-15(27-2)11-17(14)25-9-8-24(13-18(16)25)19-12-21-6-7-23-19/h4-7,11-12,16,18H,3,8-10,13H2,1-2H3,(H,22,26)/t16-,18-/m0/s1. The molecule has 1 amide bonds. The van der Waals surface area contributed by atoms with E-state index < -0.39 is 0 Å². The number of ether oxygens (including phenoxy) is 1. The van der Waals surface area contributed by atoms with Gasteiger partial charge < -0.3 is 19.9 Å². The van der Waals surface area contributed by atoms with E-state index in [-0.39, 0.29) is 17.9 Å². The number of carbonyl (C=O) groups is 1. The molecule has 0 saturated carbocycles. The SMILES string of the molecule is CCNC(=O)[C@H]1Cc2ccc(OC)cc2N2CCN(c3cnccn3)C[C@@H]12. The van der Waals surface area contributed by atoms with E-state index in [1.54, 1.807) is 25.7 Å². The Morgan fingerprint density at radius 2 is 2.22 bits per heavy atom. The molecule has 1 aromatic heterocycles. The van der Waals surface area contributed by atoms with Gasteiger partial charge in [0.25, 0.3) is 0 Å². The highest BCUT2D eigenvalue weighted by atomic mass is 16.5. The van der Waals surface area contributed by atoms with E-state index in [1.807, 2.05) is 13.0 Å². The van der Waals surface area contributed by atoms with E-state index in [4.69, 9.17) is 4.74 Å². The fourth-order valence-electron chi connectivity index (χ4n) is 4.17. The number of nitrogens with zero attached hydrogens (tertiary/aromatic N) is 4. The summed E-state index contributed by atoms with van der Waals surface area (Å²) in [6, 6.07) is 6.25. The molecule has 0 spiro atoms.